The third-order valence-corrected chi connectivity index (χ3v) is 4.23. The summed E-state index contributed by atoms with van der Waals surface area (Å²) in [7, 11) is 0. The quantitative estimate of drug-likeness (QED) is 0.847. The number of nitrogens with two attached hydrogens (primary N) is 1. The van der Waals surface area contributed by atoms with E-state index in [0.717, 1.165) is 19.4 Å². The molecule has 19 heavy (non-hydrogen) atoms. The van der Waals surface area contributed by atoms with Crippen molar-refractivity contribution in [1.29, 1.82) is 0 Å². The van der Waals surface area contributed by atoms with Crippen molar-refractivity contribution in [3.63, 3.8) is 0 Å². The second kappa shape index (κ2) is 6.19. The summed E-state index contributed by atoms with van der Waals surface area (Å²) in [6, 6.07) is 0. The zero-order chi connectivity index (χ0) is 13.7. The molecule has 2 rings (SSSR count). The minimum Gasteiger partial charge on any atom is -0.365 e. The Morgan fingerprint density at radius 1 is 1.42 bits per heavy atom. The van der Waals surface area contributed by atoms with Crippen LogP contribution in [0.5, 0.6) is 0 Å². The minimum absolute atomic E-state index is 0.0482. The zero-order valence-corrected chi connectivity index (χ0v) is 11.7. The third kappa shape index (κ3) is 3.15. The van der Waals surface area contributed by atoms with Gasteiger partial charge in [-0.15, -0.1) is 0 Å². The molecule has 1 aliphatic rings. The van der Waals surface area contributed by atoms with Crippen molar-refractivity contribution in [2.24, 2.45) is 11.1 Å². The van der Waals surface area contributed by atoms with Gasteiger partial charge in [-0.1, -0.05) is 19.3 Å². The molecule has 1 aliphatic carbocycles. The number of nitrogens with one attached hydrogen (secondary N) is 1. The van der Waals surface area contributed by atoms with E-state index in [4.69, 9.17) is 5.73 Å². The lowest BCUT2D eigenvalue weighted by Crippen LogP contribution is -2.40. The van der Waals surface area contributed by atoms with Gasteiger partial charge in [-0.05, 0) is 31.7 Å². The predicted molar refractivity (Wildman–Crippen MR) is 77.2 cm³/mol. The molecule has 0 aromatic carbocycles. The number of anilines is 1. The first-order valence-electron chi connectivity index (χ1n) is 7.20. The van der Waals surface area contributed by atoms with E-state index in [1.807, 2.05) is 6.92 Å². The molecule has 0 spiro atoms. The van der Waals surface area contributed by atoms with Gasteiger partial charge in [0, 0.05) is 25.5 Å². The number of nitrogens with zero attached hydrogens (tertiary/aromatic N) is 2. The Morgan fingerprint density at radius 2 is 2.16 bits per heavy atom. The van der Waals surface area contributed by atoms with Crippen LogP contribution in [-0.4, -0.2) is 22.6 Å². The van der Waals surface area contributed by atoms with Gasteiger partial charge in [0.05, 0.1) is 0 Å². The number of aromatic nitrogens is 2. The summed E-state index contributed by atoms with van der Waals surface area (Å²) in [5.74, 6) is 0.447. The van der Waals surface area contributed by atoms with Crippen LogP contribution < -0.4 is 16.6 Å². The van der Waals surface area contributed by atoms with Crippen LogP contribution in [0.4, 0.5) is 5.82 Å². The highest BCUT2D eigenvalue weighted by molar-refractivity contribution is 5.31. The molecule has 0 radical (unpaired) electrons. The van der Waals surface area contributed by atoms with E-state index in [9.17, 15) is 4.79 Å². The molecule has 3 N–H and O–H groups in total. The van der Waals surface area contributed by atoms with Gasteiger partial charge in [-0.2, -0.15) is 0 Å². The summed E-state index contributed by atoms with van der Waals surface area (Å²) in [4.78, 5) is 16.2. The monoisotopic (exact) mass is 264 g/mol. The summed E-state index contributed by atoms with van der Waals surface area (Å²) in [6.45, 7) is 4.04. The standard InChI is InChI=1S/C14H24N4O/c1-2-18-9-8-16-12(13(18)19)17-11-14(10-15)6-4-3-5-7-14/h8-9H,2-7,10-11,15H2,1H3,(H,16,17). The van der Waals surface area contributed by atoms with E-state index in [-0.39, 0.29) is 11.0 Å². The Bertz CT molecular complexity index is 463. The predicted octanol–water partition coefficient (Wildman–Crippen LogP) is 1.58. The molecule has 0 bridgehead atoms. The summed E-state index contributed by atoms with van der Waals surface area (Å²) < 4.78 is 1.66. The van der Waals surface area contributed by atoms with Crippen molar-refractivity contribution in [3.05, 3.63) is 22.7 Å². The second-order valence-corrected chi connectivity index (χ2v) is 5.49. The number of hydrogen-bond acceptors (Lipinski definition) is 4. The number of rotatable bonds is 5. The highest BCUT2D eigenvalue weighted by atomic mass is 16.1. The van der Waals surface area contributed by atoms with Crippen LogP contribution in [-0.2, 0) is 6.54 Å². The van der Waals surface area contributed by atoms with Gasteiger partial charge in [0.1, 0.15) is 0 Å². The van der Waals surface area contributed by atoms with Crippen molar-refractivity contribution < 1.29 is 0 Å². The molecule has 0 aliphatic heterocycles. The topological polar surface area (TPSA) is 72.9 Å². The Labute approximate surface area is 114 Å². The maximum absolute atomic E-state index is 12.1. The third-order valence-electron chi connectivity index (χ3n) is 4.23. The van der Waals surface area contributed by atoms with Gasteiger partial charge in [0.2, 0.25) is 0 Å². The van der Waals surface area contributed by atoms with Crippen LogP contribution in [0.25, 0.3) is 0 Å². The van der Waals surface area contributed by atoms with Gasteiger partial charge in [-0.3, -0.25) is 4.79 Å². The van der Waals surface area contributed by atoms with Crippen LogP contribution in [0.2, 0.25) is 0 Å². The molecule has 1 fully saturated rings. The normalized spacial score (nSPS) is 18.2. The Hall–Kier alpha value is -1.36. The Kier molecular flexibility index (Phi) is 4.58. The molecule has 5 nitrogen and oxygen atoms in total. The molecular formula is C14H24N4O. The van der Waals surface area contributed by atoms with Crippen molar-refractivity contribution in [2.45, 2.75) is 45.6 Å². The van der Waals surface area contributed by atoms with Gasteiger partial charge in [0.25, 0.3) is 5.56 Å². The highest BCUT2D eigenvalue weighted by Gasteiger charge is 2.30. The number of hydrogen-bond donors (Lipinski definition) is 2. The second-order valence-electron chi connectivity index (χ2n) is 5.49. The highest BCUT2D eigenvalue weighted by Crippen LogP contribution is 2.35. The van der Waals surface area contributed by atoms with Crippen LogP contribution in [0.15, 0.2) is 17.2 Å². The molecule has 5 heteroatoms. The summed E-state index contributed by atoms with van der Waals surface area (Å²) in [6.07, 6.45) is 9.45. The van der Waals surface area contributed by atoms with Gasteiger partial charge in [-0.25, -0.2) is 4.98 Å². The maximum atomic E-state index is 12.1. The molecule has 0 saturated heterocycles. The van der Waals surface area contributed by atoms with Crippen molar-refractivity contribution in [1.82, 2.24) is 9.55 Å². The van der Waals surface area contributed by atoms with Crippen LogP contribution in [0.1, 0.15) is 39.0 Å². The van der Waals surface area contributed by atoms with E-state index < -0.39 is 0 Å². The van der Waals surface area contributed by atoms with E-state index in [1.165, 1.54) is 19.3 Å². The fourth-order valence-corrected chi connectivity index (χ4v) is 2.84. The van der Waals surface area contributed by atoms with E-state index in [2.05, 4.69) is 10.3 Å². The average molecular weight is 264 g/mol. The van der Waals surface area contributed by atoms with Crippen LogP contribution in [0.3, 0.4) is 0 Å². The summed E-state index contributed by atoms with van der Waals surface area (Å²) in [5.41, 5.74) is 6.04. The molecule has 1 aromatic rings. The van der Waals surface area contributed by atoms with Crippen LogP contribution >= 0.6 is 0 Å². The first-order chi connectivity index (χ1) is 9.21. The Morgan fingerprint density at radius 3 is 2.79 bits per heavy atom. The lowest BCUT2D eigenvalue weighted by molar-refractivity contribution is 0.215. The van der Waals surface area contributed by atoms with Gasteiger partial charge < -0.3 is 15.6 Å². The average Bonchev–Trinajstić information content (AvgIpc) is 2.47. The minimum atomic E-state index is -0.0482. The zero-order valence-electron chi connectivity index (χ0n) is 11.7. The molecule has 0 unspecified atom stereocenters. The number of aryl methyl sites for hydroxylation is 1. The molecule has 106 valence electrons. The molecule has 0 amide bonds. The first kappa shape index (κ1) is 14.1. The first-order valence-corrected chi connectivity index (χ1v) is 7.20. The van der Waals surface area contributed by atoms with E-state index in [1.54, 1.807) is 17.0 Å². The lowest BCUT2D eigenvalue weighted by Gasteiger charge is -2.36. The molecule has 1 saturated carbocycles. The smallest absolute Gasteiger partial charge is 0.293 e. The van der Waals surface area contributed by atoms with Crippen molar-refractivity contribution >= 4 is 5.82 Å². The largest absolute Gasteiger partial charge is 0.365 e. The molecule has 1 aromatic heterocycles. The van der Waals surface area contributed by atoms with Gasteiger partial charge >= 0.3 is 0 Å². The van der Waals surface area contributed by atoms with Crippen molar-refractivity contribution in [2.75, 3.05) is 18.4 Å². The Balaban J connectivity index is 2.07. The van der Waals surface area contributed by atoms with Gasteiger partial charge in [0.15, 0.2) is 5.82 Å². The lowest BCUT2D eigenvalue weighted by atomic mass is 9.74. The fraction of sp³-hybridized carbons (Fsp3) is 0.714. The SMILES string of the molecule is CCn1ccnc(NCC2(CN)CCCCC2)c1=O. The molecule has 0 atom stereocenters. The molecular weight excluding hydrogens is 240 g/mol. The van der Waals surface area contributed by atoms with Crippen molar-refractivity contribution in [3.8, 4) is 0 Å². The maximum Gasteiger partial charge on any atom is 0.293 e. The fourth-order valence-electron chi connectivity index (χ4n) is 2.84. The summed E-state index contributed by atoms with van der Waals surface area (Å²) in [5, 5.41) is 3.22. The summed E-state index contributed by atoms with van der Waals surface area (Å²) >= 11 is 0. The molecule has 1 heterocycles. The van der Waals surface area contributed by atoms with Crippen LogP contribution in [0, 0.1) is 5.41 Å². The van der Waals surface area contributed by atoms with E-state index in [0.29, 0.717) is 18.9 Å². The van der Waals surface area contributed by atoms with E-state index >= 15 is 0 Å².